The number of hydrogen-bond donors (Lipinski definition) is 1. The summed E-state index contributed by atoms with van der Waals surface area (Å²) in [7, 11) is 0. The van der Waals surface area contributed by atoms with Gasteiger partial charge in [0.25, 0.3) is 11.6 Å². The van der Waals surface area contributed by atoms with E-state index in [2.05, 4.69) is 26.1 Å². The van der Waals surface area contributed by atoms with Gasteiger partial charge in [-0.05, 0) is 17.0 Å². The van der Waals surface area contributed by atoms with Crippen LogP contribution in [-0.4, -0.2) is 29.2 Å². The first-order valence-electron chi connectivity index (χ1n) is 9.40. The Hall–Kier alpha value is -3.55. The van der Waals surface area contributed by atoms with Crippen molar-refractivity contribution >= 4 is 29.0 Å². The fraction of sp³-hybridized carbons (Fsp3) is 0.318. The van der Waals surface area contributed by atoms with E-state index in [9.17, 15) is 24.5 Å². The molecule has 0 fully saturated rings. The van der Waals surface area contributed by atoms with Crippen LogP contribution in [0.2, 0.25) is 0 Å². The normalized spacial score (nSPS) is 10.9. The topological polar surface area (TPSA) is 116 Å². The number of nitrogens with zero attached hydrogens (tertiary/aromatic N) is 1. The standard InChI is InChI=1S/C22H24N2O6/c1-22(2,3)16-9-7-15(8-10-16)19(25)11-12-21(27)30-14-20(26)23-17-5-4-6-18(13-17)24(28)29/h4-10,13H,11-12,14H2,1-3H3,(H,23,26). The zero-order valence-electron chi connectivity index (χ0n) is 17.1. The highest BCUT2D eigenvalue weighted by atomic mass is 16.6. The Morgan fingerprint density at radius 1 is 1.03 bits per heavy atom. The van der Waals surface area contributed by atoms with Gasteiger partial charge in [-0.1, -0.05) is 51.1 Å². The molecule has 158 valence electrons. The molecule has 0 saturated heterocycles. The van der Waals surface area contributed by atoms with Gasteiger partial charge in [0.1, 0.15) is 0 Å². The van der Waals surface area contributed by atoms with Gasteiger partial charge < -0.3 is 10.1 Å². The molecular formula is C22H24N2O6. The summed E-state index contributed by atoms with van der Waals surface area (Å²) in [6, 6.07) is 12.7. The van der Waals surface area contributed by atoms with Crippen molar-refractivity contribution in [3.8, 4) is 0 Å². The van der Waals surface area contributed by atoms with E-state index in [-0.39, 0.29) is 35.4 Å². The van der Waals surface area contributed by atoms with Crippen molar-refractivity contribution in [1.82, 2.24) is 0 Å². The molecule has 0 unspecified atom stereocenters. The van der Waals surface area contributed by atoms with Crippen LogP contribution in [0.15, 0.2) is 48.5 Å². The van der Waals surface area contributed by atoms with Crippen molar-refractivity contribution in [2.75, 3.05) is 11.9 Å². The van der Waals surface area contributed by atoms with Crippen molar-refractivity contribution in [2.45, 2.75) is 39.0 Å². The smallest absolute Gasteiger partial charge is 0.306 e. The van der Waals surface area contributed by atoms with Crippen LogP contribution in [0.1, 0.15) is 49.5 Å². The van der Waals surface area contributed by atoms with Crippen LogP contribution >= 0.6 is 0 Å². The molecule has 0 heterocycles. The maximum Gasteiger partial charge on any atom is 0.306 e. The fourth-order valence-corrected chi connectivity index (χ4v) is 2.63. The fourth-order valence-electron chi connectivity index (χ4n) is 2.63. The van der Waals surface area contributed by atoms with Crippen LogP contribution in [0.3, 0.4) is 0 Å². The molecule has 2 aromatic rings. The largest absolute Gasteiger partial charge is 0.456 e. The minimum absolute atomic E-state index is 0.0172. The predicted molar refractivity (Wildman–Crippen MR) is 111 cm³/mol. The minimum atomic E-state index is -0.677. The first kappa shape index (κ1) is 22.7. The summed E-state index contributed by atoms with van der Waals surface area (Å²) in [5.74, 6) is -1.50. The molecule has 2 rings (SSSR count). The minimum Gasteiger partial charge on any atom is -0.456 e. The van der Waals surface area contributed by atoms with Crippen LogP contribution in [0, 0.1) is 10.1 Å². The zero-order chi connectivity index (χ0) is 22.3. The second-order valence-corrected chi connectivity index (χ2v) is 7.77. The summed E-state index contributed by atoms with van der Waals surface area (Å²) >= 11 is 0. The Bertz CT molecular complexity index is 945. The number of ether oxygens (including phenoxy) is 1. The number of carbonyl (C=O) groups is 3. The Kier molecular flexibility index (Phi) is 7.41. The molecule has 0 aliphatic carbocycles. The van der Waals surface area contributed by atoms with Gasteiger partial charge in [-0.3, -0.25) is 24.5 Å². The third-order valence-corrected chi connectivity index (χ3v) is 4.33. The van der Waals surface area contributed by atoms with E-state index in [1.165, 1.54) is 24.3 Å². The number of rotatable bonds is 8. The number of ketones is 1. The van der Waals surface area contributed by atoms with Gasteiger partial charge in [0, 0.05) is 29.8 Å². The van der Waals surface area contributed by atoms with E-state index in [0.29, 0.717) is 5.56 Å². The van der Waals surface area contributed by atoms with Gasteiger partial charge in [0.2, 0.25) is 0 Å². The van der Waals surface area contributed by atoms with E-state index < -0.39 is 23.4 Å². The number of nitro groups is 1. The third-order valence-electron chi connectivity index (χ3n) is 4.33. The van der Waals surface area contributed by atoms with Crippen molar-refractivity contribution in [3.63, 3.8) is 0 Å². The van der Waals surface area contributed by atoms with Crippen molar-refractivity contribution in [1.29, 1.82) is 0 Å². The highest BCUT2D eigenvalue weighted by molar-refractivity contribution is 5.98. The molecule has 0 aliphatic heterocycles. The number of nitro benzene ring substituents is 1. The van der Waals surface area contributed by atoms with E-state index in [1.54, 1.807) is 12.1 Å². The summed E-state index contributed by atoms with van der Waals surface area (Å²) in [5, 5.41) is 13.2. The Balaban J connectivity index is 1.78. The van der Waals surface area contributed by atoms with E-state index in [1.807, 2.05) is 12.1 Å². The summed E-state index contributed by atoms with van der Waals surface area (Å²) < 4.78 is 4.87. The molecule has 0 bridgehead atoms. The second kappa shape index (κ2) is 9.78. The van der Waals surface area contributed by atoms with E-state index >= 15 is 0 Å². The summed E-state index contributed by atoms with van der Waals surface area (Å²) in [5.41, 5.74) is 1.65. The van der Waals surface area contributed by atoms with Crippen molar-refractivity contribution < 1.29 is 24.0 Å². The summed E-state index contributed by atoms with van der Waals surface area (Å²) in [6.45, 7) is 5.69. The van der Waals surface area contributed by atoms with E-state index in [0.717, 1.165) is 5.56 Å². The van der Waals surface area contributed by atoms with Crippen LogP contribution in [0.4, 0.5) is 11.4 Å². The number of non-ortho nitro benzene ring substituents is 1. The summed E-state index contributed by atoms with van der Waals surface area (Å²) in [4.78, 5) is 46.1. The molecular weight excluding hydrogens is 388 g/mol. The number of hydrogen-bond acceptors (Lipinski definition) is 6. The first-order valence-corrected chi connectivity index (χ1v) is 9.40. The highest BCUT2D eigenvalue weighted by Gasteiger charge is 2.16. The van der Waals surface area contributed by atoms with Crippen molar-refractivity contribution in [2.24, 2.45) is 0 Å². The van der Waals surface area contributed by atoms with Crippen LogP contribution in [-0.2, 0) is 19.7 Å². The van der Waals surface area contributed by atoms with Gasteiger partial charge in [0.15, 0.2) is 12.4 Å². The SMILES string of the molecule is CC(C)(C)c1ccc(C(=O)CCC(=O)OCC(=O)Nc2cccc([N+](=O)[O-])c2)cc1. The number of Topliss-reactive ketones (excluding diaryl/α,β-unsaturated/α-hetero) is 1. The molecule has 8 heteroatoms. The Labute approximate surface area is 174 Å². The number of carbonyl (C=O) groups excluding carboxylic acids is 3. The first-order chi connectivity index (χ1) is 14.1. The molecule has 2 aromatic carbocycles. The van der Waals surface area contributed by atoms with E-state index in [4.69, 9.17) is 4.74 Å². The number of amides is 1. The lowest BCUT2D eigenvalue weighted by Gasteiger charge is -2.18. The second-order valence-electron chi connectivity index (χ2n) is 7.77. The molecule has 1 N–H and O–H groups in total. The van der Waals surface area contributed by atoms with Gasteiger partial charge in [-0.2, -0.15) is 0 Å². The van der Waals surface area contributed by atoms with Crippen LogP contribution < -0.4 is 5.32 Å². The predicted octanol–water partition coefficient (Wildman–Crippen LogP) is 4.04. The molecule has 8 nitrogen and oxygen atoms in total. The lowest BCUT2D eigenvalue weighted by molar-refractivity contribution is -0.384. The van der Waals surface area contributed by atoms with Crippen LogP contribution in [0.25, 0.3) is 0 Å². The molecule has 1 amide bonds. The number of esters is 1. The summed E-state index contributed by atoms with van der Waals surface area (Å²) in [6.07, 6.45) is -0.176. The Morgan fingerprint density at radius 2 is 1.70 bits per heavy atom. The van der Waals surface area contributed by atoms with Gasteiger partial charge in [-0.15, -0.1) is 0 Å². The quantitative estimate of drug-likeness (QED) is 0.303. The molecule has 0 aromatic heterocycles. The average molecular weight is 412 g/mol. The van der Waals surface area contributed by atoms with Gasteiger partial charge in [-0.25, -0.2) is 0 Å². The monoisotopic (exact) mass is 412 g/mol. The molecule has 0 atom stereocenters. The number of benzene rings is 2. The number of anilines is 1. The van der Waals surface area contributed by atoms with Gasteiger partial charge in [0.05, 0.1) is 11.3 Å². The van der Waals surface area contributed by atoms with Crippen molar-refractivity contribution in [3.05, 3.63) is 69.8 Å². The molecule has 30 heavy (non-hydrogen) atoms. The average Bonchev–Trinajstić information content (AvgIpc) is 2.70. The van der Waals surface area contributed by atoms with Gasteiger partial charge >= 0.3 is 5.97 Å². The highest BCUT2D eigenvalue weighted by Crippen LogP contribution is 2.22. The lowest BCUT2D eigenvalue weighted by Crippen LogP contribution is -2.21. The Morgan fingerprint density at radius 3 is 2.30 bits per heavy atom. The number of nitrogens with one attached hydrogen (secondary N) is 1. The maximum atomic E-state index is 12.2. The molecule has 0 saturated carbocycles. The molecule has 0 radical (unpaired) electrons. The lowest BCUT2D eigenvalue weighted by atomic mass is 9.86. The molecule has 0 aliphatic rings. The third kappa shape index (κ3) is 6.80. The zero-order valence-corrected chi connectivity index (χ0v) is 17.1. The molecule has 0 spiro atoms. The maximum absolute atomic E-state index is 12.2. The van der Waals surface area contributed by atoms with Crippen LogP contribution in [0.5, 0.6) is 0 Å².